The lowest BCUT2D eigenvalue weighted by Crippen LogP contribution is -2.55. The van der Waals surface area contributed by atoms with Gasteiger partial charge in [-0.2, -0.15) is 0 Å². The monoisotopic (exact) mass is 233 g/mol. The quantitative estimate of drug-likeness (QED) is 0.676. The van der Waals surface area contributed by atoms with Gasteiger partial charge in [0, 0.05) is 32.2 Å². The van der Waals surface area contributed by atoms with Gasteiger partial charge in [-0.1, -0.05) is 24.3 Å². The van der Waals surface area contributed by atoms with Gasteiger partial charge in [-0.05, 0) is 11.1 Å². The Bertz CT molecular complexity index is 396. The van der Waals surface area contributed by atoms with E-state index in [0.717, 1.165) is 26.2 Å². The largest absolute Gasteiger partial charge is 0.395 e. The normalized spacial score (nSPS) is 29.2. The second-order valence-electron chi connectivity index (χ2n) is 4.76. The zero-order chi connectivity index (χ0) is 11.7. The minimum Gasteiger partial charge on any atom is -0.395 e. The van der Waals surface area contributed by atoms with E-state index in [4.69, 9.17) is 0 Å². The topological polar surface area (TPSA) is 47.5 Å². The smallest absolute Gasteiger partial charge is 0.0870 e. The minimum absolute atomic E-state index is 0.215. The third-order valence-corrected chi connectivity index (χ3v) is 3.77. The average Bonchev–Trinajstić information content (AvgIpc) is 2.82. The lowest BCUT2D eigenvalue weighted by molar-refractivity contribution is 0.0523. The molecule has 0 aliphatic carbocycles. The summed E-state index contributed by atoms with van der Waals surface area (Å²) in [5, 5.41) is 16.3. The van der Waals surface area contributed by atoms with Crippen molar-refractivity contribution in [1.29, 1.82) is 0 Å². The highest BCUT2D eigenvalue weighted by Crippen LogP contribution is 2.29. The molecular weight excluding hydrogens is 214 g/mol. The Kier molecular flexibility index (Phi) is 3.11. The molecule has 3 rings (SSSR count). The summed E-state index contributed by atoms with van der Waals surface area (Å²) < 4.78 is 0. The molecule has 0 amide bonds. The van der Waals surface area contributed by atoms with Crippen LogP contribution in [0.25, 0.3) is 0 Å². The van der Waals surface area contributed by atoms with Crippen LogP contribution < -0.4 is 10.6 Å². The molecule has 2 aliphatic heterocycles. The number of benzene rings is 1. The van der Waals surface area contributed by atoms with E-state index in [1.807, 2.05) is 0 Å². The Hall–Kier alpha value is -0.940. The Morgan fingerprint density at radius 1 is 1.35 bits per heavy atom. The van der Waals surface area contributed by atoms with Crippen molar-refractivity contribution in [2.24, 2.45) is 0 Å². The second kappa shape index (κ2) is 4.74. The van der Waals surface area contributed by atoms with Gasteiger partial charge in [-0.25, -0.2) is 0 Å². The molecule has 1 aromatic carbocycles. The van der Waals surface area contributed by atoms with E-state index in [-0.39, 0.29) is 18.8 Å². The summed E-state index contributed by atoms with van der Waals surface area (Å²) in [6, 6.07) is 8.76. The fourth-order valence-electron chi connectivity index (χ4n) is 2.86. The van der Waals surface area contributed by atoms with E-state index in [9.17, 15) is 5.11 Å². The number of fused-ring (bicyclic) bond motifs is 1. The molecule has 17 heavy (non-hydrogen) atoms. The number of nitrogens with one attached hydrogen (secondary N) is 2. The standard InChI is InChI=1S/C13H19N3O/c17-9-11-8-14-5-6-16(11)13-12-4-2-1-3-10(12)7-15-13/h1-4,11,13-15,17H,5-9H2. The third-order valence-electron chi connectivity index (χ3n) is 3.77. The van der Waals surface area contributed by atoms with E-state index < -0.39 is 0 Å². The molecule has 2 unspecified atom stereocenters. The lowest BCUT2D eigenvalue weighted by atomic mass is 10.1. The van der Waals surface area contributed by atoms with Crippen LogP contribution in [0.1, 0.15) is 17.3 Å². The van der Waals surface area contributed by atoms with Crippen molar-refractivity contribution >= 4 is 0 Å². The molecule has 0 aromatic heterocycles. The number of aliphatic hydroxyl groups excluding tert-OH is 1. The first kappa shape index (κ1) is 11.2. The van der Waals surface area contributed by atoms with Crippen molar-refractivity contribution in [2.45, 2.75) is 18.8 Å². The van der Waals surface area contributed by atoms with E-state index in [1.54, 1.807) is 0 Å². The predicted octanol–water partition coefficient (Wildman–Crippen LogP) is 0.0545. The van der Waals surface area contributed by atoms with Crippen molar-refractivity contribution in [3.8, 4) is 0 Å². The number of piperazine rings is 1. The number of nitrogens with zero attached hydrogens (tertiary/aromatic N) is 1. The third kappa shape index (κ3) is 1.98. The molecule has 2 heterocycles. The molecule has 1 fully saturated rings. The van der Waals surface area contributed by atoms with Crippen molar-refractivity contribution in [1.82, 2.24) is 15.5 Å². The second-order valence-corrected chi connectivity index (χ2v) is 4.76. The molecule has 0 bridgehead atoms. The number of hydrogen-bond donors (Lipinski definition) is 3. The van der Waals surface area contributed by atoms with Crippen LogP contribution in [-0.2, 0) is 6.54 Å². The Balaban J connectivity index is 1.85. The van der Waals surface area contributed by atoms with Crippen LogP contribution >= 0.6 is 0 Å². The summed E-state index contributed by atoms with van der Waals surface area (Å²) in [6.07, 6.45) is 0.269. The summed E-state index contributed by atoms with van der Waals surface area (Å²) in [5.41, 5.74) is 2.75. The summed E-state index contributed by atoms with van der Waals surface area (Å²) >= 11 is 0. The molecular formula is C13H19N3O. The summed E-state index contributed by atoms with van der Waals surface area (Å²) in [4.78, 5) is 2.38. The SMILES string of the molecule is OCC1CNCCN1C1NCc2ccccc21. The summed E-state index contributed by atoms with van der Waals surface area (Å²) in [7, 11) is 0. The van der Waals surface area contributed by atoms with Gasteiger partial charge < -0.3 is 10.4 Å². The summed E-state index contributed by atoms with van der Waals surface area (Å²) in [5.74, 6) is 0. The zero-order valence-corrected chi connectivity index (χ0v) is 9.89. The molecule has 4 nitrogen and oxygen atoms in total. The molecule has 1 saturated heterocycles. The van der Waals surface area contributed by atoms with Crippen molar-refractivity contribution in [2.75, 3.05) is 26.2 Å². The first-order valence-electron chi connectivity index (χ1n) is 6.28. The van der Waals surface area contributed by atoms with E-state index in [1.165, 1.54) is 11.1 Å². The van der Waals surface area contributed by atoms with E-state index in [2.05, 4.69) is 39.8 Å². The highest BCUT2D eigenvalue weighted by molar-refractivity contribution is 5.33. The summed E-state index contributed by atoms with van der Waals surface area (Å²) in [6.45, 7) is 4.00. The molecule has 0 spiro atoms. The molecule has 0 radical (unpaired) electrons. The maximum absolute atomic E-state index is 9.46. The highest BCUT2D eigenvalue weighted by atomic mass is 16.3. The van der Waals surface area contributed by atoms with Gasteiger partial charge in [0.05, 0.1) is 12.8 Å². The minimum atomic E-state index is 0.215. The van der Waals surface area contributed by atoms with Crippen molar-refractivity contribution < 1.29 is 5.11 Å². The molecule has 4 heteroatoms. The van der Waals surface area contributed by atoms with Gasteiger partial charge in [0.25, 0.3) is 0 Å². The van der Waals surface area contributed by atoms with Crippen LogP contribution in [-0.4, -0.2) is 42.3 Å². The van der Waals surface area contributed by atoms with Gasteiger partial charge >= 0.3 is 0 Å². The fourth-order valence-corrected chi connectivity index (χ4v) is 2.86. The van der Waals surface area contributed by atoms with Crippen LogP contribution in [0.2, 0.25) is 0 Å². The zero-order valence-electron chi connectivity index (χ0n) is 9.89. The molecule has 3 N–H and O–H groups in total. The van der Waals surface area contributed by atoms with Gasteiger partial charge in [0.15, 0.2) is 0 Å². The van der Waals surface area contributed by atoms with Crippen LogP contribution in [0, 0.1) is 0 Å². The van der Waals surface area contributed by atoms with Crippen LogP contribution in [0.5, 0.6) is 0 Å². The molecule has 0 saturated carbocycles. The maximum Gasteiger partial charge on any atom is 0.0870 e. The van der Waals surface area contributed by atoms with Crippen LogP contribution in [0.4, 0.5) is 0 Å². The highest BCUT2D eigenvalue weighted by Gasteiger charge is 2.32. The first-order valence-corrected chi connectivity index (χ1v) is 6.28. The van der Waals surface area contributed by atoms with Gasteiger partial charge in [0.2, 0.25) is 0 Å². The predicted molar refractivity (Wildman–Crippen MR) is 66.5 cm³/mol. The molecule has 92 valence electrons. The first-order chi connectivity index (χ1) is 8.40. The molecule has 1 aromatic rings. The number of rotatable bonds is 2. The Labute approximate surface area is 102 Å². The van der Waals surface area contributed by atoms with E-state index in [0.29, 0.717) is 0 Å². The van der Waals surface area contributed by atoms with Crippen LogP contribution in [0.15, 0.2) is 24.3 Å². The lowest BCUT2D eigenvalue weighted by Gasteiger charge is -2.39. The number of hydrogen-bond acceptors (Lipinski definition) is 4. The van der Waals surface area contributed by atoms with Gasteiger partial charge in [0.1, 0.15) is 0 Å². The van der Waals surface area contributed by atoms with Crippen LogP contribution in [0.3, 0.4) is 0 Å². The van der Waals surface area contributed by atoms with Crippen molar-refractivity contribution in [3.05, 3.63) is 35.4 Å². The molecule has 2 atom stereocenters. The van der Waals surface area contributed by atoms with Gasteiger partial charge in [-0.15, -0.1) is 0 Å². The maximum atomic E-state index is 9.46. The van der Waals surface area contributed by atoms with Crippen molar-refractivity contribution in [3.63, 3.8) is 0 Å². The number of aliphatic hydroxyl groups is 1. The Morgan fingerprint density at radius 3 is 3.12 bits per heavy atom. The average molecular weight is 233 g/mol. The molecule has 2 aliphatic rings. The van der Waals surface area contributed by atoms with E-state index >= 15 is 0 Å². The fraction of sp³-hybridized carbons (Fsp3) is 0.538. The van der Waals surface area contributed by atoms with Gasteiger partial charge in [-0.3, -0.25) is 10.2 Å². The Morgan fingerprint density at radius 2 is 2.24 bits per heavy atom.